The molecule has 0 unspecified atom stereocenters. The van der Waals surface area contributed by atoms with Crippen LogP contribution in [0.2, 0.25) is 0 Å². The Kier molecular flexibility index (Phi) is 3.65. The third-order valence-corrected chi connectivity index (χ3v) is 3.34. The zero-order valence-corrected chi connectivity index (χ0v) is 11.1. The third-order valence-electron chi connectivity index (χ3n) is 3.34. The van der Waals surface area contributed by atoms with Crippen molar-refractivity contribution in [2.45, 2.75) is 26.7 Å². The molecule has 0 spiro atoms. The predicted octanol–water partition coefficient (Wildman–Crippen LogP) is 3.60. The molecular weight excluding hydrogens is 240 g/mol. The van der Waals surface area contributed by atoms with Crippen molar-refractivity contribution in [2.24, 2.45) is 0 Å². The average Bonchev–Trinajstić information content (AvgIpc) is 2.39. The summed E-state index contributed by atoms with van der Waals surface area (Å²) < 4.78 is 0. The molecule has 0 saturated heterocycles. The molecule has 0 aliphatic rings. The number of hydrogen-bond donors (Lipinski definition) is 3. The van der Waals surface area contributed by atoms with E-state index in [1.54, 1.807) is 0 Å². The highest BCUT2D eigenvalue weighted by atomic mass is 16.3. The summed E-state index contributed by atoms with van der Waals surface area (Å²) in [4.78, 5) is 0. The van der Waals surface area contributed by atoms with Crippen molar-refractivity contribution < 1.29 is 15.3 Å². The Morgan fingerprint density at radius 1 is 0.895 bits per heavy atom. The smallest absolute Gasteiger partial charge is 0.134 e. The van der Waals surface area contributed by atoms with E-state index >= 15 is 0 Å². The summed E-state index contributed by atoms with van der Waals surface area (Å²) in [5.41, 5.74) is 2.71. The number of phenols is 3. The van der Waals surface area contributed by atoms with Crippen molar-refractivity contribution in [1.82, 2.24) is 0 Å². The standard InChI is InChI=1S/C16H18O3/c1-3-10-6-5-7-11(8-10)15-14(18)9-13(17)12(4-2)16(15)19/h5-9,17-19H,3-4H2,1-2H3. The number of rotatable bonds is 3. The quantitative estimate of drug-likeness (QED) is 0.788. The summed E-state index contributed by atoms with van der Waals surface area (Å²) in [5.74, 6) is -0.235. The predicted molar refractivity (Wildman–Crippen MR) is 75.6 cm³/mol. The first kappa shape index (κ1) is 13.3. The first-order valence-electron chi connectivity index (χ1n) is 6.44. The monoisotopic (exact) mass is 258 g/mol. The first-order valence-corrected chi connectivity index (χ1v) is 6.44. The Morgan fingerprint density at radius 3 is 2.26 bits per heavy atom. The van der Waals surface area contributed by atoms with Crippen LogP contribution in [0.25, 0.3) is 11.1 Å². The molecule has 2 rings (SSSR count). The fourth-order valence-electron chi connectivity index (χ4n) is 2.26. The van der Waals surface area contributed by atoms with Gasteiger partial charge in [-0.15, -0.1) is 0 Å². The van der Waals surface area contributed by atoms with Crippen LogP contribution in [0.15, 0.2) is 30.3 Å². The van der Waals surface area contributed by atoms with Crippen molar-refractivity contribution >= 4 is 0 Å². The third kappa shape index (κ3) is 2.36. The molecule has 100 valence electrons. The van der Waals surface area contributed by atoms with Crippen LogP contribution in [-0.4, -0.2) is 15.3 Å². The van der Waals surface area contributed by atoms with Crippen molar-refractivity contribution in [3.8, 4) is 28.4 Å². The van der Waals surface area contributed by atoms with Crippen LogP contribution in [0.4, 0.5) is 0 Å². The van der Waals surface area contributed by atoms with Crippen molar-refractivity contribution in [3.05, 3.63) is 41.5 Å². The Balaban J connectivity index is 2.67. The van der Waals surface area contributed by atoms with Gasteiger partial charge in [-0.05, 0) is 24.0 Å². The topological polar surface area (TPSA) is 60.7 Å². The minimum atomic E-state index is -0.111. The highest BCUT2D eigenvalue weighted by Gasteiger charge is 2.17. The number of phenolic OH excluding ortho intramolecular Hbond substituents is 3. The van der Waals surface area contributed by atoms with E-state index in [2.05, 4.69) is 0 Å². The molecule has 0 aliphatic carbocycles. The molecule has 0 saturated carbocycles. The highest BCUT2D eigenvalue weighted by molar-refractivity contribution is 5.79. The van der Waals surface area contributed by atoms with Crippen LogP contribution in [0.5, 0.6) is 17.2 Å². The van der Waals surface area contributed by atoms with Gasteiger partial charge >= 0.3 is 0 Å². The summed E-state index contributed by atoms with van der Waals surface area (Å²) in [6.07, 6.45) is 1.38. The molecule has 0 heterocycles. The summed E-state index contributed by atoms with van der Waals surface area (Å²) in [5, 5.41) is 30.0. The summed E-state index contributed by atoms with van der Waals surface area (Å²) in [7, 11) is 0. The van der Waals surface area contributed by atoms with Crippen LogP contribution < -0.4 is 0 Å². The van der Waals surface area contributed by atoms with Gasteiger partial charge in [-0.25, -0.2) is 0 Å². The van der Waals surface area contributed by atoms with Crippen molar-refractivity contribution in [3.63, 3.8) is 0 Å². The Labute approximate surface area is 112 Å². The largest absolute Gasteiger partial charge is 0.507 e. The minimum Gasteiger partial charge on any atom is -0.507 e. The maximum Gasteiger partial charge on any atom is 0.134 e. The molecule has 2 aromatic carbocycles. The second kappa shape index (κ2) is 5.22. The molecule has 0 atom stereocenters. The zero-order valence-electron chi connectivity index (χ0n) is 11.1. The molecule has 0 amide bonds. The lowest BCUT2D eigenvalue weighted by Gasteiger charge is -2.13. The van der Waals surface area contributed by atoms with E-state index in [0.717, 1.165) is 17.5 Å². The molecule has 3 nitrogen and oxygen atoms in total. The van der Waals surface area contributed by atoms with E-state index in [1.807, 2.05) is 38.1 Å². The van der Waals surface area contributed by atoms with Crippen LogP contribution in [0, 0.1) is 0 Å². The second-order valence-electron chi connectivity index (χ2n) is 4.52. The molecule has 3 heteroatoms. The minimum absolute atomic E-state index is 0.0479. The Morgan fingerprint density at radius 2 is 1.63 bits per heavy atom. The van der Waals surface area contributed by atoms with E-state index in [1.165, 1.54) is 6.07 Å². The Hall–Kier alpha value is -2.16. The molecule has 0 radical (unpaired) electrons. The lowest BCUT2D eigenvalue weighted by atomic mass is 9.96. The Bertz CT molecular complexity index is 603. The fraction of sp³-hybridized carbons (Fsp3) is 0.250. The lowest BCUT2D eigenvalue weighted by Crippen LogP contribution is -1.90. The van der Waals surface area contributed by atoms with E-state index in [9.17, 15) is 15.3 Å². The molecule has 0 aliphatic heterocycles. The summed E-state index contributed by atoms with van der Waals surface area (Å²) in [6, 6.07) is 8.95. The lowest BCUT2D eigenvalue weighted by molar-refractivity contribution is 0.422. The first-order chi connectivity index (χ1) is 9.08. The number of hydrogen-bond acceptors (Lipinski definition) is 3. The van der Waals surface area contributed by atoms with E-state index in [-0.39, 0.29) is 17.2 Å². The van der Waals surface area contributed by atoms with Crippen LogP contribution >= 0.6 is 0 Å². The van der Waals surface area contributed by atoms with Gasteiger partial charge in [0.05, 0.1) is 5.56 Å². The van der Waals surface area contributed by atoms with Gasteiger partial charge in [0.2, 0.25) is 0 Å². The van der Waals surface area contributed by atoms with Gasteiger partial charge in [0.25, 0.3) is 0 Å². The fourth-order valence-corrected chi connectivity index (χ4v) is 2.26. The zero-order chi connectivity index (χ0) is 14.0. The normalized spacial score (nSPS) is 10.6. The molecule has 2 aromatic rings. The van der Waals surface area contributed by atoms with Gasteiger partial charge in [-0.3, -0.25) is 0 Å². The molecule has 0 aromatic heterocycles. The molecule has 19 heavy (non-hydrogen) atoms. The highest BCUT2D eigenvalue weighted by Crippen LogP contribution is 2.44. The van der Waals surface area contributed by atoms with E-state index < -0.39 is 0 Å². The van der Waals surface area contributed by atoms with Gasteiger partial charge in [-0.1, -0.05) is 38.1 Å². The maximum atomic E-state index is 10.2. The SMILES string of the molecule is CCc1cccc(-c2c(O)cc(O)c(CC)c2O)c1. The van der Waals surface area contributed by atoms with Crippen molar-refractivity contribution in [2.75, 3.05) is 0 Å². The van der Waals surface area contributed by atoms with Gasteiger partial charge in [0, 0.05) is 11.6 Å². The number of benzene rings is 2. The van der Waals surface area contributed by atoms with Crippen LogP contribution in [0.1, 0.15) is 25.0 Å². The van der Waals surface area contributed by atoms with E-state index in [0.29, 0.717) is 17.5 Å². The van der Waals surface area contributed by atoms with Gasteiger partial charge in [-0.2, -0.15) is 0 Å². The van der Waals surface area contributed by atoms with Gasteiger partial charge in [0.1, 0.15) is 17.2 Å². The summed E-state index contributed by atoms with van der Waals surface area (Å²) in [6.45, 7) is 3.89. The number of aromatic hydroxyl groups is 3. The van der Waals surface area contributed by atoms with Crippen molar-refractivity contribution in [1.29, 1.82) is 0 Å². The number of aryl methyl sites for hydroxylation is 1. The van der Waals surface area contributed by atoms with Gasteiger partial charge < -0.3 is 15.3 Å². The molecule has 0 bridgehead atoms. The van der Waals surface area contributed by atoms with Crippen LogP contribution in [-0.2, 0) is 12.8 Å². The van der Waals surface area contributed by atoms with Gasteiger partial charge in [0.15, 0.2) is 0 Å². The molecule has 0 fully saturated rings. The average molecular weight is 258 g/mol. The summed E-state index contributed by atoms with van der Waals surface area (Å²) >= 11 is 0. The van der Waals surface area contributed by atoms with E-state index in [4.69, 9.17) is 0 Å². The maximum absolute atomic E-state index is 10.2. The second-order valence-corrected chi connectivity index (χ2v) is 4.52. The molecular formula is C16H18O3. The molecule has 3 N–H and O–H groups in total. The van der Waals surface area contributed by atoms with Crippen LogP contribution in [0.3, 0.4) is 0 Å².